The molecule has 1 aliphatic carbocycles. The van der Waals surface area contributed by atoms with Gasteiger partial charge in [0.05, 0.1) is 45.1 Å². The Balaban J connectivity index is 1.37. The van der Waals surface area contributed by atoms with E-state index in [2.05, 4.69) is 0 Å². The maximum absolute atomic E-state index is 13.1. The van der Waals surface area contributed by atoms with Crippen molar-refractivity contribution < 1.29 is 28.7 Å². The number of esters is 1. The number of nitrogens with one attached hydrogen (secondary N) is 1. The van der Waals surface area contributed by atoms with Gasteiger partial charge in [0, 0.05) is 19.4 Å². The van der Waals surface area contributed by atoms with Crippen LogP contribution in [-0.2, 0) is 20.7 Å². The van der Waals surface area contributed by atoms with E-state index in [4.69, 9.17) is 14.2 Å². The second-order valence-electron chi connectivity index (χ2n) is 8.27. The highest BCUT2D eigenvalue weighted by molar-refractivity contribution is 5.80. The molecule has 2 heterocycles. The Morgan fingerprint density at radius 1 is 1.21 bits per heavy atom. The molecule has 29 heavy (non-hydrogen) atoms. The van der Waals surface area contributed by atoms with Crippen LogP contribution in [0, 0.1) is 11.8 Å². The zero-order chi connectivity index (χ0) is 20.2. The fourth-order valence-corrected chi connectivity index (χ4v) is 4.34. The van der Waals surface area contributed by atoms with Crippen molar-refractivity contribution in [2.45, 2.75) is 32.6 Å². The van der Waals surface area contributed by atoms with Crippen LogP contribution in [0.4, 0.5) is 0 Å². The van der Waals surface area contributed by atoms with Gasteiger partial charge in [-0.25, -0.2) is 0 Å². The first kappa shape index (κ1) is 20.0. The molecule has 0 aromatic heterocycles. The molecule has 4 rings (SSSR count). The first-order chi connectivity index (χ1) is 14.1. The summed E-state index contributed by atoms with van der Waals surface area (Å²) in [6, 6.07) is 5.68. The molecule has 1 N–H and O–H groups in total. The first-order valence-electron chi connectivity index (χ1n) is 10.8. The van der Waals surface area contributed by atoms with Crippen LogP contribution in [0.25, 0.3) is 0 Å². The number of quaternary nitrogens is 1. The van der Waals surface area contributed by atoms with Crippen molar-refractivity contribution in [1.82, 2.24) is 4.90 Å². The fraction of sp³-hybridized carbons (Fsp3) is 0.636. The third-order valence-corrected chi connectivity index (χ3v) is 6.16. The van der Waals surface area contributed by atoms with Gasteiger partial charge in [0.25, 0.3) is 0 Å². The number of carbonyl (C=O) groups excluding carboxylic acids is 2. The highest BCUT2D eigenvalue weighted by Gasteiger charge is 2.45. The number of hydrogen-bond donors (Lipinski definition) is 1. The third-order valence-electron chi connectivity index (χ3n) is 6.16. The van der Waals surface area contributed by atoms with Crippen molar-refractivity contribution in [1.29, 1.82) is 0 Å². The van der Waals surface area contributed by atoms with Crippen LogP contribution in [0.3, 0.4) is 0 Å². The van der Waals surface area contributed by atoms with E-state index < -0.39 is 0 Å². The third kappa shape index (κ3) is 5.01. The van der Waals surface area contributed by atoms with Gasteiger partial charge in [0.2, 0.25) is 12.7 Å². The number of likely N-dealkylation sites (tertiary alicyclic amines) is 1. The van der Waals surface area contributed by atoms with Crippen molar-refractivity contribution in [2.24, 2.45) is 11.8 Å². The monoisotopic (exact) mass is 403 g/mol. The number of ether oxygens (including phenoxy) is 3. The predicted octanol–water partition coefficient (Wildman–Crippen LogP) is 0.664. The molecule has 1 saturated carbocycles. The number of nitrogens with zero attached hydrogens (tertiary/aromatic N) is 1. The fourth-order valence-electron chi connectivity index (χ4n) is 4.34. The molecule has 3 aliphatic rings. The quantitative estimate of drug-likeness (QED) is 0.614. The van der Waals surface area contributed by atoms with Gasteiger partial charge in [-0.15, -0.1) is 0 Å². The minimum atomic E-state index is -0.120. The molecule has 0 bridgehead atoms. The van der Waals surface area contributed by atoms with Crippen molar-refractivity contribution in [3.63, 3.8) is 0 Å². The molecule has 1 amide bonds. The molecule has 2 fully saturated rings. The molecule has 0 spiro atoms. The lowest BCUT2D eigenvalue weighted by molar-refractivity contribution is -0.886. The van der Waals surface area contributed by atoms with Crippen molar-refractivity contribution in [2.75, 3.05) is 46.1 Å². The number of rotatable bonds is 9. The molecule has 1 aromatic rings. The lowest BCUT2D eigenvalue weighted by Crippen LogP contribution is -3.10. The number of fused-ring (bicyclic) bond motifs is 1. The van der Waals surface area contributed by atoms with E-state index in [0.717, 1.165) is 30.8 Å². The summed E-state index contributed by atoms with van der Waals surface area (Å²) < 4.78 is 15.9. The molecule has 158 valence electrons. The van der Waals surface area contributed by atoms with E-state index in [9.17, 15) is 9.59 Å². The van der Waals surface area contributed by atoms with Gasteiger partial charge in [-0.1, -0.05) is 6.07 Å². The molecule has 2 atom stereocenters. The highest BCUT2D eigenvalue weighted by Crippen LogP contribution is 2.40. The molecule has 0 unspecified atom stereocenters. The normalized spacial score (nSPS) is 22.5. The van der Waals surface area contributed by atoms with Gasteiger partial charge in [0.15, 0.2) is 11.5 Å². The summed E-state index contributed by atoms with van der Waals surface area (Å²) in [4.78, 5) is 28.6. The minimum absolute atomic E-state index is 0.0464. The number of amides is 1. The number of carbonyl (C=O) groups is 2. The summed E-state index contributed by atoms with van der Waals surface area (Å²) in [5, 5.41) is 0. The highest BCUT2D eigenvalue weighted by atomic mass is 16.7. The summed E-state index contributed by atoms with van der Waals surface area (Å²) in [7, 11) is 0. The smallest absolute Gasteiger partial charge is 0.309 e. The van der Waals surface area contributed by atoms with Crippen molar-refractivity contribution >= 4 is 11.9 Å². The Morgan fingerprint density at radius 2 is 2.00 bits per heavy atom. The van der Waals surface area contributed by atoms with E-state index in [1.807, 2.05) is 30.0 Å². The minimum Gasteiger partial charge on any atom is -0.466 e. The van der Waals surface area contributed by atoms with Crippen LogP contribution in [0.15, 0.2) is 18.2 Å². The molecule has 1 aromatic carbocycles. The summed E-state index contributed by atoms with van der Waals surface area (Å²) in [6.45, 7) is 7.21. The number of benzene rings is 1. The van der Waals surface area contributed by atoms with Crippen LogP contribution >= 0.6 is 0 Å². The zero-order valence-electron chi connectivity index (χ0n) is 17.2. The molecular weight excluding hydrogens is 372 g/mol. The standard InChI is InChI=1S/C22H30N2O5/c1-2-27-22(26)18-13-17(18)14-24(10-9-23-7-3-4-8-23)21(25)12-16-5-6-19-20(11-16)29-15-28-19/h5-6,11,17-18H,2-4,7-10,12-15H2,1H3/p+1/t17-,18-/m0/s1. The second-order valence-corrected chi connectivity index (χ2v) is 8.27. The molecule has 1 saturated heterocycles. The van der Waals surface area contributed by atoms with Crippen molar-refractivity contribution in [3.8, 4) is 11.5 Å². The zero-order valence-corrected chi connectivity index (χ0v) is 17.2. The van der Waals surface area contributed by atoms with E-state index in [1.165, 1.54) is 25.9 Å². The molecule has 0 radical (unpaired) electrons. The van der Waals surface area contributed by atoms with Gasteiger partial charge < -0.3 is 24.0 Å². The largest absolute Gasteiger partial charge is 0.466 e. The average molecular weight is 403 g/mol. The molecule has 2 aliphatic heterocycles. The Hall–Kier alpha value is -2.28. The van der Waals surface area contributed by atoms with Crippen LogP contribution in [0.1, 0.15) is 31.7 Å². The van der Waals surface area contributed by atoms with Crippen molar-refractivity contribution in [3.05, 3.63) is 23.8 Å². The van der Waals surface area contributed by atoms with Crippen LogP contribution < -0.4 is 14.4 Å². The molecule has 7 nitrogen and oxygen atoms in total. The lowest BCUT2D eigenvalue weighted by atomic mass is 10.1. The van der Waals surface area contributed by atoms with E-state index in [1.54, 1.807) is 4.90 Å². The SMILES string of the molecule is CCOC(=O)[C@H]1C[C@H]1CN(CC[NH+]1CCCC1)C(=O)Cc1ccc2c(c1)OCO2. The molecular formula is C22H31N2O5+. The Labute approximate surface area is 171 Å². The predicted molar refractivity (Wildman–Crippen MR) is 106 cm³/mol. The topological polar surface area (TPSA) is 69.5 Å². The Kier molecular flexibility index (Phi) is 6.23. The van der Waals surface area contributed by atoms with Crippen LogP contribution in [-0.4, -0.2) is 62.9 Å². The van der Waals surface area contributed by atoms with Gasteiger partial charge in [-0.3, -0.25) is 9.59 Å². The average Bonchev–Trinajstić information content (AvgIpc) is 3.07. The Morgan fingerprint density at radius 3 is 2.79 bits per heavy atom. The van der Waals surface area contributed by atoms with Gasteiger partial charge in [-0.2, -0.15) is 0 Å². The van der Waals surface area contributed by atoms with Gasteiger partial charge >= 0.3 is 5.97 Å². The first-order valence-corrected chi connectivity index (χ1v) is 10.8. The lowest BCUT2D eigenvalue weighted by Gasteiger charge is -2.24. The maximum atomic E-state index is 13.1. The summed E-state index contributed by atoms with van der Waals surface area (Å²) in [5.41, 5.74) is 0.926. The second kappa shape index (κ2) is 9.03. The Bertz CT molecular complexity index is 747. The van der Waals surface area contributed by atoms with Crippen LogP contribution in [0.2, 0.25) is 0 Å². The maximum Gasteiger partial charge on any atom is 0.309 e. The van der Waals surface area contributed by atoms with Gasteiger partial charge in [0.1, 0.15) is 0 Å². The summed E-state index contributed by atoms with van der Waals surface area (Å²) in [5.74, 6) is 1.60. The molecule has 7 heteroatoms. The van der Waals surface area contributed by atoms with E-state index >= 15 is 0 Å². The van der Waals surface area contributed by atoms with E-state index in [-0.39, 0.29) is 30.5 Å². The van der Waals surface area contributed by atoms with E-state index in [0.29, 0.717) is 25.3 Å². The van der Waals surface area contributed by atoms with Crippen LogP contribution in [0.5, 0.6) is 11.5 Å². The summed E-state index contributed by atoms with van der Waals surface area (Å²) in [6.07, 6.45) is 3.70. The summed E-state index contributed by atoms with van der Waals surface area (Å²) >= 11 is 0. The van der Waals surface area contributed by atoms with Gasteiger partial charge in [-0.05, 0) is 37.0 Å². The number of hydrogen-bond acceptors (Lipinski definition) is 5.